The Morgan fingerprint density at radius 2 is 2.09 bits per heavy atom. The Morgan fingerprint density at radius 1 is 1.45 bits per heavy atom. The van der Waals surface area contributed by atoms with E-state index in [1.165, 1.54) is 0 Å². The Morgan fingerprint density at radius 3 is 2.64 bits per heavy atom. The van der Waals surface area contributed by atoms with Gasteiger partial charge in [-0.2, -0.15) is 0 Å². The van der Waals surface area contributed by atoms with Gasteiger partial charge in [-0.1, -0.05) is 12.1 Å². The molecule has 0 bridgehead atoms. The van der Waals surface area contributed by atoms with E-state index in [1.54, 1.807) is 0 Å². The smallest absolute Gasteiger partial charge is 0.0925 e. The van der Waals surface area contributed by atoms with Gasteiger partial charge in [0.1, 0.15) is 0 Å². The third kappa shape index (κ3) is 2.11. The number of nitrogens with zero attached hydrogens (tertiary/aromatic N) is 1. The molecule has 0 atom stereocenters. The predicted octanol–water partition coefficient (Wildman–Crippen LogP) is 3.08. The normalized spacial score (nSPS) is 9.73. The van der Waals surface area contributed by atoms with Crippen LogP contribution in [0.5, 0.6) is 0 Å². The number of hydrogen-bond acceptors (Lipinski definition) is 1. The molecule has 0 fully saturated rings. The molecule has 0 aliphatic rings. The maximum atomic E-state index is 5.66. The van der Waals surface area contributed by atoms with Gasteiger partial charge in [0.15, 0.2) is 0 Å². The first-order valence-electron chi connectivity index (χ1n) is 3.27. The van der Waals surface area contributed by atoms with Crippen molar-refractivity contribution in [1.29, 1.82) is 0 Å². The minimum Gasteiger partial charge on any atom is -0.360 e. The van der Waals surface area contributed by atoms with Gasteiger partial charge in [-0.05, 0) is 28.1 Å². The van der Waals surface area contributed by atoms with Crippen LogP contribution in [0.3, 0.4) is 0 Å². The molecule has 1 aromatic rings. The molecule has 0 heterocycles. The zero-order chi connectivity index (χ0) is 8.27. The summed E-state index contributed by atoms with van der Waals surface area (Å²) in [6, 6.07) is 8.49. The molecule has 0 aliphatic carbocycles. The van der Waals surface area contributed by atoms with Crippen LogP contribution in [-0.2, 0) is 0 Å². The topological polar surface area (TPSA) is 3.24 Å². The van der Waals surface area contributed by atoms with Crippen molar-refractivity contribution in [3.63, 3.8) is 0 Å². The summed E-state index contributed by atoms with van der Waals surface area (Å²) in [7, 11) is 1.95. The lowest BCUT2D eigenvalue weighted by molar-refractivity contribution is 1.08. The van der Waals surface area contributed by atoms with Crippen LogP contribution in [0.4, 0.5) is 5.69 Å². The van der Waals surface area contributed by atoms with Crippen molar-refractivity contribution in [2.75, 3.05) is 18.0 Å². The van der Waals surface area contributed by atoms with Crippen LogP contribution in [0.25, 0.3) is 0 Å². The lowest BCUT2D eigenvalue weighted by atomic mass is 10.3. The van der Waals surface area contributed by atoms with Gasteiger partial charge < -0.3 is 4.90 Å². The molecule has 1 rings (SSSR count). The van der Waals surface area contributed by atoms with Crippen LogP contribution >= 0.6 is 27.5 Å². The highest BCUT2D eigenvalue weighted by Crippen LogP contribution is 2.24. The van der Waals surface area contributed by atoms with Gasteiger partial charge in [0.2, 0.25) is 0 Å². The lowest BCUT2D eigenvalue weighted by Crippen LogP contribution is -2.14. The third-order valence-electron chi connectivity index (χ3n) is 1.44. The molecule has 0 aromatic heterocycles. The number of rotatable bonds is 2. The molecule has 0 saturated carbocycles. The van der Waals surface area contributed by atoms with Crippen LogP contribution in [0.2, 0.25) is 0 Å². The van der Waals surface area contributed by atoms with Crippen LogP contribution in [0, 0.1) is 0 Å². The Balaban J connectivity index is 2.93. The number of anilines is 1. The SMILES string of the molecule is CN(CCl)c1ccccc1Br. The van der Waals surface area contributed by atoms with Crippen LogP contribution in [0.15, 0.2) is 28.7 Å². The highest BCUT2D eigenvalue weighted by molar-refractivity contribution is 9.10. The summed E-state index contributed by atoms with van der Waals surface area (Å²) in [4.78, 5) is 1.96. The van der Waals surface area contributed by atoms with Crippen molar-refractivity contribution in [3.05, 3.63) is 28.7 Å². The average molecular weight is 235 g/mol. The Labute approximate surface area is 80.1 Å². The van der Waals surface area contributed by atoms with E-state index in [2.05, 4.69) is 15.9 Å². The molecule has 0 unspecified atom stereocenters. The standard InChI is InChI=1S/C8H9BrClN/c1-11(6-10)8-5-3-2-4-7(8)9/h2-5H,6H2,1H3. The molecule has 1 aromatic carbocycles. The summed E-state index contributed by atoms with van der Waals surface area (Å²) in [5, 5.41) is 0. The van der Waals surface area contributed by atoms with Gasteiger partial charge in [0.25, 0.3) is 0 Å². The highest BCUT2D eigenvalue weighted by atomic mass is 79.9. The minimum atomic E-state index is 0.503. The summed E-state index contributed by atoms with van der Waals surface area (Å²) in [6.07, 6.45) is 0. The summed E-state index contributed by atoms with van der Waals surface area (Å²) < 4.78 is 1.07. The Bertz CT molecular complexity index is 239. The molecular formula is C8H9BrClN. The fraction of sp³-hybridized carbons (Fsp3) is 0.250. The first kappa shape index (κ1) is 8.88. The molecule has 0 amide bonds. The second kappa shape index (κ2) is 3.98. The number of para-hydroxylation sites is 1. The van der Waals surface area contributed by atoms with Crippen molar-refractivity contribution >= 4 is 33.2 Å². The van der Waals surface area contributed by atoms with Gasteiger partial charge in [0, 0.05) is 11.5 Å². The van der Waals surface area contributed by atoms with E-state index >= 15 is 0 Å². The fourth-order valence-electron chi connectivity index (χ4n) is 0.826. The zero-order valence-corrected chi connectivity index (χ0v) is 8.56. The molecule has 0 saturated heterocycles. The summed E-state index contributed by atoms with van der Waals surface area (Å²) in [5.74, 6) is 0. The Kier molecular flexibility index (Phi) is 3.21. The molecule has 60 valence electrons. The van der Waals surface area contributed by atoms with Crippen molar-refractivity contribution in [2.24, 2.45) is 0 Å². The Hall–Kier alpha value is -0.210. The quantitative estimate of drug-likeness (QED) is 0.561. The van der Waals surface area contributed by atoms with Crippen LogP contribution in [0.1, 0.15) is 0 Å². The maximum Gasteiger partial charge on any atom is 0.0925 e. The number of halogens is 2. The van der Waals surface area contributed by atoms with E-state index in [0.717, 1.165) is 10.2 Å². The van der Waals surface area contributed by atoms with E-state index < -0.39 is 0 Å². The lowest BCUT2D eigenvalue weighted by Gasteiger charge is -2.16. The van der Waals surface area contributed by atoms with E-state index in [1.807, 2.05) is 36.2 Å². The summed E-state index contributed by atoms with van der Waals surface area (Å²) in [6.45, 7) is 0. The first-order chi connectivity index (χ1) is 5.25. The summed E-state index contributed by atoms with van der Waals surface area (Å²) >= 11 is 9.10. The molecule has 3 heteroatoms. The van der Waals surface area contributed by atoms with Crippen molar-refractivity contribution < 1.29 is 0 Å². The summed E-state index contributed by atoms with van der Waals surface area (Å²) in [5.41, 5.74) is 1.11. The van der Waals surface area contributed by atoms with E-state index in [0.29, 0.717) is 6.00 Å². The average Bonchev–Trinajstić information content (AvgIpc) is 2.04. The van der Waals surface area contributed by atoms with E-state index in [-0.39, 0.29) is 0 Å². The van der Waals surface area contributed by atoms with Gasteiger partial charge >= 0.3 is 0 Å². The highest BCUT2D eigenvalue weighted by Gasteiger charge is 2.01. The maximum absolute atomic E-state index is 5.66. The largest absolute Gasteiger partial charge is 0.360 e. The second-order valence-corrected chi connectivity index (χ2v) is 3.36. The number of alkyl halides is 1. The fourth-order valence-corrected chi connectivity index (χ4v) is 1.54. The molecule has 1 nitrogen and oxygen atoms in total. The monoisotopic (exact) mass is 233 g/mol. The van der Waals surface area contributed by atoms with Gasteiger partial charge in [-0.3, -0.25) is 0 Å². The number of benzene rings is 1. The number of hydrogen-bond donors (Lipinski definition) is 0. The third-order valence-corrected chi connectivity index (χ3v) is 2.47. The molecule has 0 aliphatic heterocycles. The molecule has 0 spiro atoms. The van der Waals surface area contributed by atoms with Crippen molar-refractivity contribution in [2.45, 2.75) is 0 Å². The predicted molar refractivity (Wildman–Crippen MR) is 53.3 cm³/mol. The minimum absolute atomic E-state index is 0.503. The van der Waals surface area contributed by atoms with E-state index in [4.69, 9.17) is 11.6 Å². The van der Waals surface area contributed by atoms with Crippen LogP contribution < -0.4 is 4.90 Å². The van der Waals surface area contributed by atoms with Gasteiger partial charge in [-0.25, -0.2) is 0 Å². The van der Waals surface area contributed by atoms with Crippen molar-refractivity contribution in [3.8, 4) is 0 Å². The van der Waals surface area contributed by atoms with Crippen molar-refractivity contribution in [1.82, 2.24) is 0 Å². The molecule has 0 radical (unpaired) electrons. The second-order valence-electron chi connectivity index (χ2n) is 2.27. The van der Waals surface area contributed by atoms with Gasteiger partial charge in [-0.15, -0.1) is 11.6 Å². The van der Waals surface area contributed by atoms with E-state index in [9.17, 15) is 0 Å². The van der Waals surface area contributed by atoms with Crippen LogP contribution in [-0.4, -0.2) is 13.1 Å². The van der Waals surface area contributed by atoms with Gasteiger partial charge in [0.05, 0.1) is 11.7 Å². The zero-order valence-electron chi connectivity index (χ0n) is 6.22. The molecule has 11 heavy (non-hydrogen) atoms. The molecule has 0 N–H and O–H groups in total. The first-order valence-corrected chi connectivity index (χ1v) is 4.60. The molecular weight excluding hydrogens is 225 g/mol.